The molecule has 0 aliphatic heterocycles. The third kappa shape index (κ3) is 5.48. The molecule has 3 aromatic rings. The largest absolute Gasteiger partial charge is 0.493 e. The fraction of sp³-hybridized carbons (Fsp3) is 0.125. The predicted octanol–water partition coefficient (Wildman–Crippen LogP) is 5.16. The maximum atomic E-state index is 12.1. The van der Waals surface area contributed by atoms with Gasteiger partial charge in [-0.15, -0.1) is 0 Å². The van der Waals surface area contributed by atoms with Gasteiger partial charge in [0.25, 0.3) is 0 Å². The summed E-state index contributed by atoms with van der Waals surface area (Å²) in [5, 5.41) is 0. The molecule has 0 unspecified atom stereocenters. The molecule has 0 aromatic heterocycles. The van der Waals surface area contributed by atoms with Gasteiger partial charge in [-0.3, -0.25) is 0 Å². The molecule has 0 spiro atoms. The van der Waals surface area contributed by atoms with Crippen molar-refractivity contribution in [1.82, 2.24) is 0 Å². The van der Waals surface area contributed by atoms with Crippen molar-refractivity contribution in [1.29, 1.82) is 0 Å². The summed E-state index contributed by atoms with van der Waals surface area (Å²) in [6.07, 6.45) is 3.99. The third-order valence-corrected chi connectivity index (χ3v) is 4.06. The third-order valence-electron chi connectivity index (χ3n) is 4.06. The first-order chi connectivity index (χ1) is 13.6. The van der Waals surface area contributed by atoms with E-state index in [0.29, 0.717) is 17.2 Å². The van der Waals surface area contributed by atoms with E-state index in [-0.39, 0.29) is 6.61 Å². The zero-order chi connectivity index (χ0) is 19.8. The molecule has 4 nitrogen and oxygen atoms in total. The Morgan fingerprint density at radius 1 is 0.857 bits per heavy atom. The summed E-state index contributed by atoms with van der Waals surface area (Å²) in [7, 11) is 1.54. The maximum Gasteiger partial charge on any atom is 0.349 e. The van der Waals surface area contributed by atoms with Crippen molar-refractivity contribution >= 4 is 18.1 Å². The number of methoxy groups -OCH3 is 1. The van der Waals surface area contributed by atoms with Gasteiger partial charge < -0.3 is 14.2 Å². The molecule has 0 amide bonds. The van der Waals surface area contributed by atoms with Crippen molar-refractivity contribution in [2.75, 3.05) is 13.7 Å². The minimum Gasteiger partial charge on any atom is -0.493 e. The lowest BCUT2D eigenvalue weighted by atomic mass is 10.1. The molecule has 0 saturated heterocycles. The number of carbonyl (C=O) groups excluding carboxylic acids is 1. The zero-order valence-corrected chi connectivity index (χ0v) is 15.9. The second-order valence-corrected chi connectivity index (χ2v) is 6.23. The summed E-state index contributed by atoms with van der Waals surface area (Å²) < 4.78 is 16.2. The average molecular weight is 374 g/mol. The van der Waals surface area contributed by atoms with Crippen LogP contribution in [0.15, 0.2) is 72.8 Å². The lowest BCUT2D eigenvalue weighted by Gasteiger charge is -2.11. The number of carbonyl (C=O) groups is 1. The number of rotatable bonds is 7. The molecule has 0 N–H and O–H groups in total. The number of hydrogen-bond acceptors (Lipinski definition) is 4. The summed E-state index contributed by atoms with van der Waals surface area (Å²) in [5.41, 5.74) is 3.17. The van der Waals surface area contributed by atoms with Crippen molar-refractivity contribution in [2.45, 2.75) is 6.92 Å². The van der Waals surface area contributed by atoms with E-state index in [1.807, 2.05) is 85.8 Å². The van der Waals surface area contributed by atoms with Crippen LogP contribution in [0.1, 0.15) is 16.7 Å². The quantitative estimate of drug-likeness (QED) is 0.326. The summed E-state index contributed by atoms with van der Waals surface area (Å²) in [4.78, 5) is 12.1. The van der Waals surface area contributed by atoms with Crippen LogP contribution in [0, 0.1) is 6.92 Å². The Morgan fingerprint density at radius 3 is 2.29 bits per heavy atom. The Bertz CT molecular complexity index is 944. The van der Waals surface area contributed by atoms with E-state index in [2.05, 4.69) is 0 Å². The van der Waals surface area contributed by atoms with Crippen LogP contribution in [0.25, 0.3) is 12.2 Å². The van der Waals surface area contributed by atoms with Gasteiger partial charge in [-0.25, -0.2) is 4.79 Å². The number of hydrogen-bond donors (Lipinski definition) is 0. The molecule has 142 valence electrons. The number of aryl methyl sites for hydroxylation is 1. The van der Waals surface area contributed by atoms with Gasteiger partial charge >= 0.3 is 5.97 Å². The van der Waals surface area contributed by atoms with Gasteiger partial charge in [0.2, 0.25) is 0 Å². The Hall–Kier alpha value is -3.53. The van der Waals surface area contributed by atoms with Crippen LogP contribution in [0.4, 0.5) is 0 Å². The Balaban J connectivity index is 1.62. The highest BCUT2D eigenvalue weighted by molar-refractivity contribution is 5.76. The van der Waals surface area contributed by atoms with Crippen molar-refractivity contribution in [3.05, 3.63) is 89.5 Å². The SMILES string of the molecule is COc1cc(/C=C/c2ccccc2)ccc1OC(=O)COc1ccc(C)cc1. The Labute approximate surface area is 165 Å². The molecular formula is C24H22O4. The smallest absolute Gasteiger partial charge is 0.349 e. The van der Waals surface area contributed by atoms with Gasteiger partial charge in [-0.05, 0) is 42.3 Å². The molecule has 3 rings (SSSR count). The molecule has 0 atom stereocenters. The van der Waals surface area contributed by atoms with Crippen LogP contribution in [0.2, 0.25) is 0 Å². The van der Waals surface area contributed by atoms with Crippen LogP contribution >= 0.6 is 0 Å². The lowest BCUT2D eigenvalue weighted by Crippen LogP contribution is -2.18. The summed E-state index contributed by atoms with van der Waals surface area (Å²) >= 11 is 0. The molecule has 0 aliphatic rings. The standard InChI is InChI=1S/C24H22O4/c1-18-8-13-21(14-9-18)27-17-24(25)28-22-15-12-20(16-23(22)26-2)11-10-19-6-4-3-5-7-19/h3-16H,17H2,1-2H3/b11-10+. The highest BCUT2D eigenvalue weighted by atomic mass is 16.6. The molecule has 0 bridgehead atoms. The van der Waals surface area contributed by atoms with Gasteiger partial charge in [0.1, 0.15) is 5.75 Å². The van der Waals surface area contributed by atoms with Crippen LogP contribution in [0.5, 0.6) is 17.2 Å². The van der Waals surface area contributed by atoms with E-state index in [1.54, 1.807) is 13.2 Å². The van der Waals surface area contributed by atoms with E-state index < -0.39 is 5.97 Å². The molecule has 0 saturated carbocycles. The van der Waals surface area contributed by atoms with E-state index in [9.17, 15) is 4.79 Å². The molecule has 0 heterocycles. The molecule has 4 heteroatoms. The Kier molecular flexibility index (Phi) is 6.47. The number of benzene rings is 3. The van der Waals surface area contributed by atoms with Gasteiger partial charge in [-0.1, -0.05) is 66.2 Å². The first-order valence-electron chi connectivity index (χ1n) is 8.95. The molecule has 28 heavy (non-hydrogen) atoms. The summed E-state index contributed by atoms with van der Waals surface area (Å²) in [5.74, 6) is 0.970. The fourth-order valence-corrected chi connectivity index (χ4v) is 2.56. The molecule has 0 radical (unpaired) electrons. The number of esters is 1. The van der Waals surface area contributed by atoms with Gasteiger partial charge in [0.05, 0.1) is 7.11 Å². The van der Waals surface area contributed by atoms with Crippen LogP contribution in [-0.4, -0.2) is 19.7 Å². The van der Waals surface area contributed by atoms with E-state index in [0.717, 1.165) is 16.7 Å². The second-order valence-electron chi connectivity index (χ2n) is 6.23. The zero-order valence-electron chi connectivity index (χ0n) is 15.9. The molecule has 0 fully saturated rings. The van der Waals surface area contributed by atoms with Crippen molar-refractivity contribution < 1.29 is 19.0 Å². The van der Waals surface area contributed by atoms with Crippen LogP contribution < -0.4 is 14.2 Å². The van der Waals surface area contributed by atoms with E-state index in [4.69, 9.17) is 14.2 Å². The molecule has 0 aliphatic carbocycles. The van der Waals surface area contributed by atoms with Gasteiger partial charge in [0.15, 0.2) is 18.1 Å². The Morgan fingerprint density at radius 2 is 1.57 bits per heavy atom. The first-order valence-corrected chi connectivity index (χ1v) is 8.95. The normalized spacial score (nSPS) is 10.6. The van der Waals surface area contributed by atoms with Crippen LogP contribution in [-0.2, 0) is 4.79 Å². The average Bonchev–Trinajstić information content (AvgIpc) is 2.73. The summed E-state index contributed by atoms with van der Waals surface area (Å²) in [6, 6.07) is 22.9. The van der Waals surface area contributed by atoms with Gasteiger partial charge in [-0.2, -0.15) is 0 Å². The predicted molar refractivity (Wildman–Crippen MR) is 111 cm³/mol. The highest BCUT2D eigenvalue weighted by Gasteiger charge is 2.11. The fourth-order valence-electron chi connectivity index (χ4n) is 2.56. The van der Waals surface area contributed by atoms with Crippen molar-refractivity contribution in [3.63, 3.8) is 0 Å². The van der Waals surface area contributed by atoms with Crippen molar-refractivity contribution in [3.8, 4) is 17.2 Å². The van der Waals surface area contributed by atoms with Crippen molar-refractivity contribution in [2.24, 2.45) is 0 Å². The monoisotopic (exact) mass is 374 g/mol. The second kappa shape index (κ2) is 9.42. The van der Waals surface area contributed by atoms with Gasteiger partial charge in [0, 0.05) is 0 Å². The van der Waals surface area contributed by atoms with E-state index >= 15 is 0 Å². The minimum absolute atomic E-state index is 0.179. The molecule has 3 aromatic carbocycles. The topological polar surface area (TPSA) is 44.8 Å². The summed E-state index contributed by atoms with van der Waals surface area (Å²) in [6.45, 7) is 1.81. The minimum atomic E-state index is -0.494. The van der Waals surface area contributed by atoms with Crippen LogP contribution in [0.3, 0.4) is 0 Å². The maximum absolute atomic E-state index is 12.1. The highest BCUT2D eigenvalue weighted by Crippen LogP contribution is 2.29. The number of ether oxygens (including phenoxy) is 3. The lowest BCUT2D eigenvalue weighted by molar-refractivity contribution is -0.136. The first kappa shape index (κ1) is 19.2. The molecular weight excluding hydrogens is 352 g/mol. The van der Waals surface area contributed by atoms with E-state index in [1.165, 1.54) is 0 Å².